The lowest BCUT2D eigenvalue weighted by molar-refractivity contribution is -0.161. The highest BCUT2D eigenvalue weighted by molar-refractivity contribution is 8.05. The number of hydrogen-bond donors (Lipinski definition) is 0. The van der Waals surface area contributed by atoms with Crippen molar-refractivity contribution in [3.05, 3.63) is 0 Å². The number of hydrogen-bond acceptors (Lipinski definition) is 6. The molecule has 0 aromatic rings. The summed E-state index contributed by atoms with van der Waals surface area (Å²) in [7, 11) is 0. The lowest BCUT2D eigenvalue weighted by Gasteiger charge is -2.18. The van der Waals surface area contributed by atoms with Gasteiger partial charge in [0.1, 0.15) is 6.61 Å². The van der Waals surface area contributed by atoms with Gasteiger partial charge in [0.15, 0.2) is 6.10 Å². The molecule has 286 valence electrons. The van der Waals surface area contributed by atoms with Gasteiger partial charge in [-0.3, -0.25) is 14.2 Å². The molecule has 0 rings (SSSR count). The normalized spacial score (nSPS) is 12.3. The van der Waals surface area contributed by atoms with E-state index in [2.05, 4.69) is 13.8 Å². The van der Waals surface area contributed by atoms with Gasteiger partial charge in [0, 0.05) is 12.8 Å². The minimum atomic E-state index is -3.80. The maximum absolute atomic E-state index is 12.4. The molecule has 9 heteroatoms. The van der Waals surface area contributed by atoms with Gasteiger partial charge in [0.05, 0.1) is 6.61 Å². The van der Waals surface area contributed by atoms with Crippen molar-refractivity contribution in [3.63, 3.8) is 0 Å². The van der Waals surface area contributed by atoms with Gasteiger partial charge >= 0.3 is 18.0 Å². The van der Waals surface area contributed by atoms with E-state index in [0.717, 1.165) is 38.5 Å². The molecule has 48 heavy (non-hydrogen) atoms. The van der Waals surface area contributed by atoms with Crippen molar-refractivity contribution in [2.24, 2.45) is 0 Å². The minimum Gasteiger partial charge on any atom is -0.462 e. The Morgan fingerprint density at radius 1 is 0.458 bits per heavy atom. The second-order valence-electron chi connectivity index (χ2n) is 13.9. The summed E-state index contributed by atoms with van der Waals surface area (Å²) in [5, 5.41) is 0. The van der Waals surface area contributed by atoms with Crippen molar-refractivity contribution in [2.45, 2.75) is 225 Å². The largest absolute Gasteiger partial charge is 0.462 e. The number of rotatable bonds is 38. The van der Waals surface area contributed by atoms with Crippen LogP contribution >= 0.6 is 28.6 Å². The van der Waals surface area contributed by atoms with E-state index >= 15 is 0 Å². The number of unbranched alkanes of at least 4 members (excludes halogenated alkanes) is 28. The monoisotopic (exact) mass is 740 g/mol. The second-order valence-corrected chi connectivity index (χ2v) is 18.2. The highest BCUT2D eigenvalue weighted by Gasteiger charge is 2.23. The van der Waals surface area contributed by atoms with Crippen LogP contribution in [0.5, 0.6) is 0 Å². The number of ether oxygens (including phenoxy) is 2. The van der Waals surface area contributed by atoms with E-state index in [4.69, 9.17) is 36.5 Å². The molecule has 0 saturated carbocycles. The predicted octanol–water partition coefficient (Wildman–Crippen LogP) is 14.6. The zero-order valence-electron chi connectivity index (χ0n) is 31.3. The van der Waals surface area contributed by atoms with Crippen LogP contribution < -0.4 is 0 Å². The van der Waals surface area contributed by atoms with Gasteiger partial charge in [-0.05, 0) is 35.3 Å². The quantitative estimate of drug-likeness (QED) is 0.0356. The zero-order valence-corrected chi connectivity index (χ0v) is 33.7. The predicted molar refractivity (Wildman–Crippen MR) is 205 cm³/mol. The van der Waals surface area contributed by atoms with E-state index < -0.39 is 18.1 Å². The van der Waals surface area contributed by atoms with Crippen LogP contribution in [0.4, 0.5) is 0 Å². The molecular formula is C39H75Cl2O6P. The third-order valence-electron chi connectivity index (χ3n) is 9.11. The van der Waals surface area contributed by atoms with Gasteiger partial charge in [-0.1, -0.05) is 194 Å². The smallest absolute Gasteiger partial charge is 0.380 e. The summed E-state index contributed by atoms with van der Waals surface area (Å²) >= 11 is 11.0. The molecule has 0 unspecified atom stereocenters. The highest BCUT2D eigenvalue weighted by atomic mass is 35.9. The third kappa shape index (κ3) is 38.5. The molecular weight excluding hydrogens is 666 g/mol. The van der Waals surface area contributed by atoms with Gasteiger partial charge in [-0.15, -0.1) is 0 Å². The average Bonchev–Trinajstić information content (AvgIpc) is 3.05. The molecule has 0 fully saturated rings. The first kappa shape index (κ1) is 47.7. The first-order valence-electron chi connectivity index (χ1n) is 20.3. The Morgan fingerprint density at radius 3 is 1.06 bits per heavy atom. The second kappa shape index (κ2) is 36.5. The molecule has 0 spiro atoms. The highest BCUT2D eigenvalue weighted by Crippen LogP contribution is 2.57. The molecule has 0 radical (unpaired) electrons. The summed E-state index contributed by atoms with van der Waals surface area (Å²) < 4.78 is 27.4. The maximum Gasteiger partial charge on any atom is 0.380 e. The molecule has 0 aromatic heterocycles. The summed E-state index contributed by atoms with van der Waals surface area (Å²) in [6, 6.07) is 0. The summed E-state index contributed by atoms with van der Waals surface area (Å²) in [4.78, 5) is 24.7. The summed E-state index contributed by atoms with van der Waals surface area (Å²) in [6.07, 6.45) is 33.7. The summed E-state index contributed by atoms with van der Waals surface area (Å²) in [5.41, 5.74) is 0. The van der Waals surface area contributed by atoms with E-state index in [1.165, 1.54) is 154 Å². The molecule has 0 saturated heterocycles. The minimum absolute atomic E-state index is 0.171. The van der Waals surface area contributed by atoms with E-state index in [0.29, 0.717) is 6.42 Å². The van der Waals surface area contributed by atoms with Crippen LogP contribution in [0.25, 0.3) is 0 Å². The van der Waals surface area contributed by atoms with Crippen molar-refractivity contribution < 1.29 is 28.2 Å². The van der Waals surface area contributed by atoms with Gasteiger partial charge < -0.3 is 14.0 Å². The van der Waals surface area contributed by atoms with Gasteiger partial charge in [-0.2, -0.15) is 0 Å². The van der Waals surface area contributed by atoms with Crippen LogP contribution in [0.3, 0.4) is 0 Å². The van der Waals surface area contributed by atoms with Crippen molar-refractivity contribution in [1.82, 2.24) is 0 Å². The van der Waals surface area contributed by atoms with E-state index in [-0.39, 0.29) is 25.6 Å². The fraction of sp³-hybridized carbons (Fsp3) is 0.949. The number of carbonyl (C=O) groups excluding carboxylic acids is 2. The Balaban J connectivity index is 3.88. The van der Waals surface area contributed by atoms with Gasteiger partial charge in [-0.25, -0.2) is 0 Å². The maximum atomic E-state index is 12.4. The molecule has 6 nitrogen and oxygen atoms in total. The SMILES string of the molecule is CCCCCCCCCCCCCCCCCC(=O)OC[C@H](COP(=O)(Cl)Cl)OC(=O)CCCCCCCCCCCCCCCCC. The van der Waals surface area contributed by atoms with E-state index in [1.54, 1.807) is 0 Å². The standard InChI is InChI=1S/C39H75Cl2O6P/c1-3-5-7-9-11-13-15-17-19-21-23-25-27-29-31-33-38(42)45-35-37(36-46-48(40,41)44)47-39(43)34-32-30-28-26-24-22-20-18-16-14-12-10-8-6-4-2/h37H,3-36H2,1-2H3/t37-/m1/s1. The fourth-order valence-corrected chi connectivity index (χ4v) is 6.75. The summed E-state index contributed by atoms with van der Waals surface area (Å²) in [6.45, 7) is 4.06. The molecule has 0 amide bonds. The Kier molecular flexibility index (Phi) is 36.3. The lowest BCUT2D eigenvalue weighted by atomic mass is 10.0. The molecule has 0 bridgehead atoms. The van der Waals surface area contributed by atoms with E-state index in [1.807, 2.05) is 0 Å². The molecule has 1 atom stereocenters. The first-order valence-corrected chi connectivity index (χ1v) is 23.7. The van der Waals surface area contributed by atoms with Crippen molar-refractivity contribution in [2.75, 3.05) is 13.2 Å². The Morgan fingerprint density at radius 2 is 0.750 bits per heavy atom. The molecule has 0 N–H and O–H groups in total. The van der Waals surface area contributed by atoms with Crippen LogP contribution in [-0.2, 0) is 28.2 Å². The molecule has 0 aliphatic rings. The van der Waals surface area contributed by atoms with Crippen LogP contribution in [0.2, 0.25) is 0 Å². The number of esters is 2. The van der Waals surface area contributed by atoms with Crippen molar-refractivity contribution >= 4 is 40.5 Å². The fourth-order valence-electron chi connectivity index (χ4n) is 6.07. The molecule has 0 heterocycles. The van der Waals surface area contributed by atoms with Gasteiger partial charge in [0.2, 0.25) is 0 Å². The molecule has 0 aromatic carbocycles. The van der Waals surface area contributed by atoms with Crippen LogP contribution in [0.1, 0.15) is 219 Å². The van der Waals surface area contributed by atoms with Gasteiger partial charge in [0.25, 0.3) is 0 Å². The van der Waals surface area contributed by atoms with E-state index in [9.17, 15) is 14.2 Å². The Labute approximate surface area is 306 Å². The first-order chi connectivity index (χ1) is 23.3. The van der Waals surface area contributed by atoms with Crippen LogP contribution in [0.15, 0.2) is 0 Å². The molecule has 0 aliphatic carbocycles. The van der Waals surface area contributed by atoms with Crippen LogP contribution in [0, 0.1) is 0 Å². The Bertz CT molecular complexity index is 763. The van der Waals surface area contributed by atoms with Crippen molar-refractivity contribution in [3.8, 4) is 0 Å². The lowest BCUT2D eigenvalue weighted by Crippen LogP contribution is -2.29. The number of carbonyl (C=O) groups is 2. The summed E-state index contributed by atoms with van der Waals surface area (Å²) in [5.74, 6) is -0.733. The Hall–Kier alpha value is -0.290. The topological polar surface area (TPSA) is 78.9 Å². The molecule has 0 aliphatic heterocycles. The average molecular weight is 742 g/mol. The van der Waals surface area contributed by atoms with Crippen LogP contribution in [-0.4, -0.2) is 31.3 Å². The third-order valence-corrected chi connectivity index (χ3v) is 10.1. The zero-order chi connectivity index (χ0) is 35.4. The number of halogens is 2. The van der Waals surface area contributed by atoms with Crippen molar-refractivity contribution in [1.29, 1.82) is 0 Å².